The summed E-state index contributed by atoms with van der Waals surface area (Å²) in [7, 11) is 4.83. The highest BCUT2D eigenvalue weighted by molar-refractivity contribution is 6.35. The van der Waals surface area contributed by atoms with E-state index in [1.165, 1.54) is 10.6 Å². The molecular weight excluding hydrogens is 530 g/mol. The standard InChI is InChI=1S/C34H43N3O5/c1-8-27-19-24(4)20-28(9-2)31(27)21-32(38)36(5)35-33(34(39)42-10-3)37(22-25-11-15-29(40-6)16-12-25)23-26-13-17-30(41-7)18-14-26/h11-20H,8-10,21-23H2,1-7H3/b35-33-. The molecule has 0 heterocycles. The van der Waals surface area contributed by atoms with Crippen LogP contribution in [0, 0.1) is 6.92 Å². The monoisotopic (exact) mass is 573 g/mol. The van der Waals surface area contributed by atoms with Crippen molar-refractivity contribution in [3.63, 3.8) is 0 Å². The Labute approximate surface area is 249 Å². The highest BCUT2D eigenvalue weighted by Crippen LogP contribution is 2.22. The van der Waals surface area contributed by atoms with Gasteiger partial charge in [-0.3, -0.25) is 4.79 Å². The first kappa shape index (κ1) is 32.2. The van der Waals surface area contributed by atoms with Crippen LogP contribution in [-0.4, -0.2) is 55.5 Å². The van der Waals surface area contributed by atoms with Crippen molar-refractivity contribution in [2.24, 2.45) is 5.10 Å². The van der Waals surface area contributed by atoms with Gasteiger partial charge in [-0.2, -0.15) is 0 Å². The zero-order valence-electron chi connectivity index (χ0n) is 25.9. The van der Waals surface area contributed by atoms with Gasteiger partial charge in [-0.05, 0) is 78.8 Å². The van der Waals surface area contributed by atoms with E-state index in [0.717, 1.165) is 52.2 Å². The van der Waals surface area contributed by atoms with Crippen LogP contribution in [0.5, 0.6) is 11.5 Å². The van der Waals surface area contributed by atoms with Crippen LogP contribution in [0.2, 0.25) is 0 Å². The van der Waals surface area contributed by atoms with Crippen molar-refractivity contribution < 1.29 is 23.8 Å². The van der Waals surface area contributed by atoms with E-state index in [0.29, 0.717) is 13.1 Å². The average Bonchev–Trinajstić information content (AvgIpc) is 3.00. The maximum absolute atomic E-state index is 13.6. The lowest BCUT2D eigenvalue weighted by atomic mass is 9.92. The van der Waals surface area contributed by atoms with E-state index in [1.54, 1.807) is 28.2 Å². The van der Waals surface area contributed by atoms with E-state index >= 15 is 0 Å². The molecule has 0 aliphatic carbocycles. The van der Waals surface area contributed by atoms with Gasteiger partial charge in [0, 0.05) is 20.1 Å². The van der Waals surface area contributed by atoms with Crippen LogP contribution in [0.3, 0.4) is 0 Å². The van der Waals surface area contributed by atoms with Crippen molar-refractivity contribution in [2.45, 2.75) is 60.0 Å². The Morgan fingerprint density at radius 2 is 1.26 bits per heavy atom. The van der Waals surface area contributed by atoms with Gasteiger partial charge in [0.25, 0.3) is 0 Å². The van der Waals surface area contributed by atoms with Crippen LogP contribution in [0.25, 0.3) is 0 Å². The number of hydrogen-bond donors (Lipinski definition) is 0. The topological polar surface area (TPSA) is 80.7 Å². The molecule has 0 unspecified atom stereocenters. The number of rotatable bonds is 12. The van der Waals surface area contributed by atoms with Gasteiger partial charge < -0.3 is 19.1 Å². The van der Waals surface area contributed by atoms with Crippen molar-refractivity contribution in [2.75, 3.05) is 27.9 Å². The number of amides is 1. The highest BCUT2D eigenvalue weighted by atomic mass is 16.5. The Hall–Kier alpha value is -4.33. The van der Waals surface area contributed by atoms with Crippen LogP contribution in [0.4, 0.5) is 0 Å². The molecule has 0 aliphatic heterocycles. The van der Waals surface area contributed by atoms with Crippen LogP contribution >= 0.6 is 0 Å². The SMILES string of the molecule is CCOC(=O)/C(=N/N(C)C(=O)Cc1c(CC)cc(C)cc1CC)N(Cc1ccc(OC)cc1)Cc1ccc(OC)cc1. The third-order valence-electron chi connectivity index (χ3n) is 7.10. The summed E-state index contributed by atoms with van der Waals surface area (Å²) >= 11 is 0. The normalized spacial score (nSPS) is 11.2. The number of carbonyl (C=O) groups excluding carboxylic acids is 2. The van der Waals surface area contributed by atoms with Gasteiger partial charge in [0.15, 0.2) is 0 Å². The Morgan fingerprint density at radius 3 is 1.67 bits per heavy atom. The molecule has 3 aromatic rings. The number of ether oxygens (including phenoxy) is 3. The average molecular weight is 574 g/mol. The van der Waals surface area contributed by atoms with Crippen LogP contribution in [0.15, 0.2) is 65.8 Å². The molecule has 0 aromatic heterocycles. The lowest BCUT2D eigenvalue weighted by Gasteiger charge is -2.27. The van der Waals surface area contributed by atoms with Crippen LogP contribution in [0.1, 0.15) is 54.2 Å². The fourth-order valence-corrected chi connectivity index (χ4v) is 4.83. The van der Waals surface area contributed by atoms with Gasteiger partial charge in [-0.15, -0.1) is 5.10 Å². The first-order valence-electron chi connectivity index (χ1n) is 14.4. The molecule has 0 aliphatic rings. The van der Waals surface area contributed by atoms with Crippen molar-refractivity contribution in [3.05, 3.63) is 94.0 Å². The summed E-state index contributed by atoms with van der Waals surface area (Å²) in [5.74, 6) is 0.713. The van der Waals surface area contributed by atoms with E-state index in [4.69, 9.17) is 14.2 Å². The van der Waals surface area contributed by atoms with Gasteiger partial charge in [0.2, 0.25) is 11.7 Å². The largest absolute Gasteiger partial charge is 0.497 e. The van der Waals surface area contributed by atoms with E-state index in [-0.39, 0.29) is 24.8 Å². The van der Waals surface area contributed by atoms with Crippen LogP contribution < -0.4 is 9.47 Å². The third kappa shape index (κ3) is 8.59. The Morgan fingerprint density at radius 1 is 0.786 bits per heavy atom. The molecule has 0 radical (unpaired) electrons. The molecule has 8 nitrogen and oxygen atoms in total. The number of likely N-dealkylation sites (N-methyl/N-ethyl adjacent to an activating group) is 1. The van der Waals surface area contributed by atoms with Gasteiger partial charge in [0.05, 0.1) is 27.2 Å². The molecule has 3 aromatic carbocycles. The summed E-state index contributed by atoms with van der Waals surface area (Å²) in [6.07, 6.45) is 1.85. The third-order valence-corrected chi connectivity index (χ3v) is 7.10. The Bertz CT molecular complexity index is 1290. The number of aryl methyl sites for hydroxylation is 3. The van der Waals surface area contributed by atoms with Crippen molar-refractivity contribution in [1.29, 1.82) is 0 Å². The summed E-state index contributed by atoms with van der Waals surface area (Å²) in [5.41, 5.74) is 6.41. The predicted molar refractivity (Wildman–Crippen MR) is 166 cm³/mol. The quantitative estimate of drug-likeness (QED) is 0.119. The summed E-state index contributed by atoms with van der Waals surface area (Å²) in [6.45, 7) is 8.90. The second kappa shape index (κ2) is 15.6. The molecule has 42 heavy (non-hydrogen) atoms. The van der Waals surface area contributed by atoms with Crippen LogP contribution in [-0.2, 0) is 46.7 Å². The number of carbonyl (C=O) groups is 2. The molecule has 0 spiro atoms. The fraction of sp³-hybridized carbons (Fsp3) is 0.382. The van der Waals surface area contributed by atoms with Crippen molar-refractivity contribution >= 4 is 17.7 Å². The van der Waals surface area contributed by atoms with Crippen molar-refractivity contribution in [1.82, 2.24) is 9.91 Å². The number of benzene rings is 3. The first-order chi connectivity index (χ1) is 20.2. The molecule has 3 rings (SSSR count). The number of hydrazone groups is 1. The summed E-state index contributed by atoms with van der Waals surface area (Å²) < 4.78 is 16.0. The predicted octanol–water partition coefficient (Wildman–Crippen LogP) is 5.72. The summed E-state index contributed by atoms with van der Waals surface area (Å²) in [5, 5.41) is 5.85. The smallest absolute Gasteiger partial charge is 0.376 e. The molecular formula is C34H43N3O5. The van der Waals surface area contributed by atoms with Gasteiger partial charge >= 0.3 is 5.97 Å². The van der Waals surface area contributed by atoms with Crippen molar-refractivity contribution in [3.8, 4) is 11.5 Å². The number of esters is 1. The fourth-order valence-electron chi connectivity index (χ4n) is 4.83. The summed E-state index contributed by atoms with van der Waals surface area (Å²) in [6, 6.07) is 19.5. The van der Waals surface area contributed by atoms with Gasteiger partial charge in [-0.25, -0.2) is 9.80 Å². The maximum atomic E-state index is 13.6. The zero-order valence-corrected chi connectivity index (χ0v) is 25.9. The molecule has 224 valence electrons. The minimum atomic E-state index is -0.599. The molecule has 1 amide bonds. The van der Waals surface area contributed by atoms with Gasteiger partial charge in [0.1, 0.15) is 11.5 Å². The molecule has 0 saturated heterocycles. The molecule has 0 N–H and O–H groups in total. The minimum Gasteiger partial charge on any atom is -0.497 e. The van der Waals surface area contributed by atoms with Gasteiger partial charge in [-0.1, -0.05) is 55.8 Å². The van der Waals surface area contributed by atoms with E-state index in [1.807, 2.05) is 53.4 Å². The van der Waals surface area contributed by atoms with E-state index < -0.39 is 5.97 Å². The maximum Gasteiger partial charge on any atom is 0.376 e. The number of methoxy groups -OCH3 is 2. The number of nitrogens with zero attached hydrogens (tertiary/aromatic N) is 3. The number of amidine groups is 1. The molecule has 0 fully saturated rings. The first-order valence-corrected chi connectivity index (χ1v) is 14.4. The lowest BCUT2D eigenvalue weighted by Crippen LogP contribution is -2.40. The van der Waals surface area contributed by atoms with E-state index in [9.17, 15) is 9.59 Å². The number of hydrogen-bond acceptors (Lipinski definition) is 6. The molecule has 8 heteroatoms. The second-order valence-corrected chi connectivity index (χ2v) is 10.1. The Kier molecular flexibility index (Phi) is 12.0. The highest BCUT2D eigenvalue weighted by Gasteiger charge is 2.25. The minimum absolute atomic E-state index is 0.0506. The zero-order chi connectivity index (χ0) is 30.6. The lowest BCUT2D eigenvalue weighted by molar-refractivity contribution is -0.136. The molecule has 0 bridgehead atoms. The van der Waals surface area contributed by atoms with E-state index in [2.05, 4.69) is 38.0 Å². The summed E-state index contributed by atoms with van der Waals surface area (Å²) in [4.78, 5) is 28.7. The second-order valence-electron chi connectivity index (χ2n) is 10.1. The molecule has 0 saturated carbocycles. The molecule has 0 atom stereocenters. The Balaban J connectivity index is 2.00.